The van der Waals surface area contributed by atoms with Crippen molar-refractivity contribution in [1.29, 1.82) is 0 Å². The molecule has 2 aromatic carbocycles. The third kappa shape index (κ3) is 5.64. The molecule has 0 amide bonds. The first-order chi connectivity index (χ1) is 12.8. The minimum atomic E-state index is -4.49. The molecule has 2 aromatic rings. The number of carbonyl (C=O) groups is 1. The van der Waals surface area contributed by atoms with Gasteiger partial charge >= 0.3 is 6.18 Å². The van der Waals surface area contributed by atoms with Crippen LogP contribution in [0.15, 0.2) is 48.5 Å². The third-order valence-corrected chi connectivity index (χ3v) is 4.87. The molecule has 0 aliphatic carbocycles. The molecule has 0 aliphatic heterocycles. The van der Waals surface area contributed by atoms with E-state index in [2.05, 4.69) is 0 Å². The van der Waals surface area contributed by atoms with E-state index in [1.807, 2.05) is 0 Å². The predicted octanol–water partition coefficient (Wildman–Crippen LogP) is 4.34. The van der Waals surface area contributed by atoms with Gasteiger partial charge < -0.3 is 14.6 Å². The standard InChI is InChI=1S/C19H19F3O4S/c1-25-14-9-8-13(10-15(14)26-2)16(18(24)27-11-19(20,21)22)17(23)12-6-4-3-5-7-12/h3-10,16-17,23H,11H2,1-2H3/t16-,17+/m1/s1. The van der Waals surface area contributed by atoms with Crippen molar-refractivity contribution in [2.24, 2.45) is 0 Å². The van der Waals surface area contributed by atoms with Crippen molar-refractivity contribution >= 4 is 16.9 Å². The number of thioether (sulfide) groups is 1. The van der Waals surface area contributed by atoms with E-state index in [0.29, 0.717) is 22.6 Å². The molecule has 0 saturated heterocycles. The van der Waals surface area contributed by atoms with Gasteiger partial charge in [0.2, 0.25) is 0 Å². The van der Waals surface area contributed by atoms with Gasteiger partial charge in [-0.15, -0.1) is 0 Å². The Labute approximate surface area is 159 Å². The Morgan fingerprint density at radius 3 is 2.22 bits per heavy atom. The second-order valence-electron chi connectivity index (χ2n) is 5.67. The number of alkyl halides is 3. The number of benzene rings is 2. The lowest BCUT2D eigenvalue weighted by atomic mass is 9.90. The average Bonchev–Trinajstić information content (AvgIpc) is 2.66. The molecule has 0 fully saturated rings. The Morgan fingerprint density at radius 1 is 1.04 bits per heavy atom. The van der Waals surface area contributed by atoms with Gasteiger partial charge in [-0.2, -0.15) is 13.2 Å². The summed E-state index contributed by atoms with van der Waals surface area (Å²) in [4.78, 5) is 12.6. The Morgan fingerprint density at radius 2 is 1.67 bits per heavy atom. The fraction of sp³-hybridized carbons (Fsp3) is 0.316. The van der Waals surface area contributed by atoms with Gasteiger partial charge in [-0.3, -0.25) is 4.79 Å². The maximum Gasteiger partial charge on any atom is 0.398 e. The topological polar surface area (TPSA) is 55.8 Å². The van der Waals surface area contributed by atoms with Crippen molar-refractivity contribution in [3.05, 3.63) is 59.7 Å². The molecule has 0 spiro atoms. The molecular formula is C19H19F3O4S. The molecule has 2 rings (SSSR count). The lowest BCUT2D eigenvalue weighted by molar-refractivity contribution is -0.116. The smallest absolute Gasteiger partial charge is 0.398 e. The minimum absolute atomic E-state index is 0.137. The van der Waals surface area contributed by atoms with E-state index >= 15 is 0 Å². The lowest BCUT2D eigenvalue weighted by Crippen LogP contribution is -2.21. The largest absolute Gasteiger partial charge is 0.493 e. The van der Waals surface area contributed by atoms with Crippen LogP contribution in [0.3, 0.4) is 0 Å². The van der Waals surface area contributed by atoms with E-state index in [4.69, 9.17) is 9.47 Å². The molecule has 0 bridgehead atoms. The van der Waals surface area contributed by atoms with Crippen molar-refractivity contribution in [3.8, 4) is 11.5 Å². The van der Waals surface area contributed by atoms with Gasteiger partial charge in [0.15, 0.2) is 16.6 Å². The van der Waals surface area contributed by atoms with Crippen molar-refractivity contribution < 1.29 is 32.5 Å². The molecule has 4 nitrogen and oxygen atoms in total. The molecule has 0 saturated carbocycles. The first-order valence-electron chi connectivity index (χ1n) is 7.95. The van der Waals surface area contributed by atoms with Gasteiger partial charge in [-0.25, -0.2) is 0 Å². The van der Waals surface area contributed by atoms with Crippen LogP contribution in [-0.2, 0) is 4.79 Å². The molecular weight excluding hydrogens is 381 g/mol. The molecule has 0 unspecified atom stereocenters. The highest BCUT2D eigenvalue weighted by Crippen LogP contribution is 2.39. The Balaban J connectivity index is 2.41. The SMILES string of the molecule is COc1ccc([C@@H](C(=O)SCC(F)(F)F)[C@@H](O)c2ccccc2)cc1OC. The van der Waals surface area contributed by atoms with Gasteiger partial charge in [0.1, 0.15) is 0 Å². The second-order valence-corrected chi connectivity index (χ2v) is 6.65. The number of ether oxygens (including phenoxy) is 2. The molecule has 27 heavy (non-hydrogen) atoms. The fourth-order valence-corrected chi connectivity index (χ4v) is 3.33. The molecule has 0 aliphatic rings. The summed E-state index contributed by atoms with van der Waals surface area (Å²) in [5, 5.41) is 9.95. The Hall–Kier alpha value is -2.19. The number of hydrogen-bond donors (Lipinski definition) is 1. The number of aliphatic hydroxyl groups is 1. The Kier molecular flexibility index (Phi) is 7.15. The van der Waals surface area contributed by atoms with Crippen molar-refractivity contribution in [1.82, 2.24) is 0 Å². The summed E-state index contributed by atoms with van der Waals surface area (Å²) in [7, 11) is 2.85. The van der Waals surface area contributed by atoms with Crippen LogP contribution in [0.4, 0.5) is 13.2 Å². The molecule has 146 valence electrons. The van der Waals surface area contributed by atoms with E-state index in [1.54, 1.807) is 36.4 Å². The quantitative estimate of drug-likeness (QED) is 0.749. The van der Waals surface area contributed by atoms with E-state index < -0.39 is 29.1 Å². The van der Waals surface area contributed by atoms with Crippen molar-refractivity contribution in [3.63, 3.8) is 0 Å². The van der Waals surface area contributed by atoms with E-state index in [0.717, 1.165) is 0 Å². The summed E-state index contributed by atoms with van der Waals surface area (Å²) < 4.78 is 48.0. The third-order valence-electron chi connectivity index (χ3n) is 3.86. The van der Waals surface area contributed by atoms with Crippen LogP contribution in [-0.4, -0.2) is 36.4 Å². The van der Waals surface area contributed by atoms with Crippen LogP contribution in [0.1, 0.15) is 23.1 Å². The predicted molar refractivity (Wildman–Crippen MR) is 97.2 cm³/mol. The van der Waals surface area contributed by atoms with Gasteiger partial charge in [-0.05, 0) is 23.3 Å². The van der Waals surface area contributed by atoms with E-state index in [9.17, 15) is 23.1 Å². The molecule has 0 aromatic heterocycles. The van der Waals surface area contributed by atoms with Gasteiger partial charge in [0, 0.05) is 0 Å². The molecule has 2 atom stereocenters. The minimum Gasteiger partial charge on any atom is -0.493 e. The second kappa shape index (κ2) is 9.14. The molecule has 8 heteroatoms. The van der Waals surface area contributed by atoms with Gasteiger partial charge in [0.25, 0.3) is 0 Å². The summed E-state index contributed by atoms with van der Waals surface area (Å²) in [6.45, 7) is 0. The summed E-state index contributed by atoms with van der Waals surface area (Å²) >= 11 is 0.137. The van der Waals surface area contributed by atoms with Crippen molar-refractivity contribution in [2.75, 3.05) is 20.0 Å². The van der Waals surface area contributed by atoms with Crippen LogP contribution >= 0.6 is 11.8 Å². The average molecular weight is 400 g/mol. The first-order valence-corrected chi connectivity index (χ1v) is 8.93. The van der Waals surface area contributed by atoms with Gasteiger partial charge in [0.05, 0.1) is 32.0 Å². The number of halogens is 3. The van der Waals surface area contributed by atoms with Crippen molar-refractivity contribution in [2.45, 2.75) is 18.2 Å². The summed E-state index contributed by atoms with van der Waals surface area (Å²) in [5.74, 6) is -1.80. The summed E-state index contributed by atoms with van der Waals surface area (Å²) in [6, 6.07) is 12.9. The monoisotopic (exact) mass is 400 g/mol. The highest BCUT2D eigenvalue weighted by Gasteiger charge is 2.35. The van der Waals surface area contributed by atoms with Crippen LogP contribution in [0.25, 0.3) is 0 Å². The zero-order valence-electron chi connectivity index (χ0n) is 14.7. The summed E-state index contributed by atoms with van der Waals surface area (Å²) in [5.41, 5.74) is 0.766. The van der Waals surface area contributed by atoms with Crippen LogP contribution in [0, 0.1) is 0 Å². The van der Waals surface area contributed by atoms with E-state index in [1.165, 1.54) is 26.4 Å². The van der Waals surface area contributed by atoms with Gasteiger partial charge in [-0.1, -0.05) is 48.2 Å². The number of aliphatic hydroxyl groups excluding tert-OH is 1. The Bertz CT molecular complexity index is 765. The fourth-order valence-electron chi connectivity index (χ4n) is 2.58. The molecule has 1 N–H and O–H groups in total. The number of hydrogen-bond acceptors (Lipinski definition) is 5. The zero-order chi connectivity index (χ0) is 20.0. The number of carbonyl (C=O) groups excluding carboxylic acids is 1. The maximum absolute atomic E-state index is 12.6. The number of methoxy groups -OCH3 is 2. The van der Waals surface area contributed by atoms with E-state index in [-0.39, 0.29) is 11.8 Å². The maximum atomic E-state index is 12.6. The first kappa shape index (κ1) is 21.1. The molecule has 0 radical (unpaired) electrons. The van der Waals surface area contributed by atoms with Crippen LogP contribution < -0.4 is 9.47 Å². The highest BCUT2D eigenvalue weighted by molar-refractivity contribution is 8.13. The van der Waals surface area contributed by atoms with Crippen LogP contribution in [0.5, 0.6) is 11.5 Å². The lowest BCUT2D eigenvalue weighted by Gasteiger charge is -2.23. The normalized spacial score (nSPS) is 13.7. The molecule has 0 heterocycles. The number of rotatable bonds is 7. The highest BCUT2D eigenvalue weighted by atomic mass is 32.2. The zero-order valence-corrected chi connectivity index (χ0v) is 15.5. The summed E-state index contributed by atoms with van der Waals surface area (Å²) in [6.07, 6.45) is -5.79. The van der Waals surface area contributed by atoms with Crippen LogP contribution in [0.2, 0.25) is 0 Å².